The van der Waals surface area contributed by atoms with Crippen LogP contribution in [0.25, 0.3) is 0 Å². The first-order valence-corrected chi connectivity index (χ1v) is 5.85. The van der Waals surface area contributed by atoms with Crippen LogP contribution in [0.3, 0.4) is 0 Å². The third-order valence-electron chi connectivity index (χ3n) is 2.89. The SMILES string of the molecule is CCN(CC(=O)O)CC(=O)NC1CCCC1. The Bertz CT molecular complexity index is 250. The van der Waals surface area contributed by atoms with E-state index in [2.05, 4.69) is 5.32 Å². The average molecular weight is 228 g/mol. The molecule has 2 N–H and O–H groups in total. The van der Waals surface area contributed by atoms with Gasteiger partial charge in [0.1, 0.15) is 0 Å². The van der Waals surface area contributed by atoms with Gasteiger partial charge in [-0.1, -0.05) is 19.8 Å². The fourth-order valence-electron chi connectivity index (χ4n) is 2.02. The third kappa shape index (κ3) is 4.61. The lowest BCUT2D eigenvalue weighted by atomic mass is 10.2. The first-order chi connectivity index (χ1) is 7.61. The molecule has 0 unspecified atom stereocenters. The second-order valence-corrected chi connectivity index (χ2v) is 4.25. The van der Waals surface area contributed by atoms with Crippen LogP contribution in [0.2, 0.25) is 0 Å². The molecule has 5 nitrogen and oxygen atoms in total. The number of aliphatic carboxylic acids is 1. The number of carbonyl (C=O) groups is 2. The Morgan fingerprint density at radius 3 is 2.44 bits per heavy atom. The summed E-state index contributed by atoms with van der Waals surface area (Å²) in [6.07, 6.45) is 4.46. The van der Waals surface area contributed by atoms with Gasteiger partial charge in [-0.2, -0.15) is 0 Å². The molecule has 92 valence electrons. The van der Waals surface area contributed by atoms with E-state index in [4.69, 9.17) is 5.11 Å². The molecule has 0 aromatic carbocycles. The standard InChI is InChI=1S/C11H20N2O3/c1-2-13(8-11(15)16)7-10(14)12-9-5-3-4-6-9/h9H,2-8H2,1H3,(H,12,14)(H,15,16). The number of carboxylic acid groups (broad SMARTS) is 1. The lowest BCUT2D eigenvalue weighted by Crippen LogP contribution is -2.42. The predicted octanol–water partition coefficient (Wildman–Crippen LogP) is 0.452. The van der Waals surface area contributed by atoms with Gasteiger partial charge in [0.15, 0.2) is 0 Å². The number of hydrogen-bond acceptors (Lipinski definition) is 3. The Kier molecular flexibility index (Phi) is 5.25. The molecular formula is C11H20N2O3. The maximum Gasteiger partial charge on any atom is 0.317 e. The highest BCUT2D eigenvalue weighted by molar-refractivity contribution is 5.79. The van der Waals surface area contributed by atoms with Gasteiger partial charge in [0.2, 0.25) is 5.91 Å². The minimum Gasteiger partial charge on any atom is -0.480 e. The molecule has 0 heterocycles. The second kappa shape index (κ2) is 6.48. The molecule has 0 spiro atoms. The van der Waals surface area contributed by atoms with E-state index in [1.807, 2.05) is 6.92 Å². The first-order valence-electron chi connectivity index (χ1n) is 5.85. The van der Waals surface area contributed by atoms with Crippen LogP contribution < -0.4 is 5.32 Å². The van der Waals surface area contributed by atoms with Crippen LogP contribution >= 0.6 is 0 Å². The maximum absolute atomic E-state index is 11.6. The molecule has 0 radical (unpaired) electrons. The Morgan fingerprint density at radius 1 is 1.31 bits per heavy atom. The molecule has 1 amide bonds. The summed E-state index contributed by atoms with van der Waals surface area (Å²) in [6.45, 7) is 2.53. The van der Waals surface area contributed by atoms with Crippen LogP contribution in [-0.2, 0) is 9.59 Å². The van der Waals surface area contributed by atoms with Gasteiger partial charge in [0.25, 0.3) is 0 Å². The van der Waals surface area contributed by atoms with Crippen LogP contribution in [0.4, 0.5) is 0 Å². The average Bonchev–Trinajstić information content (AvgIpc) is 2.68. The predicted molar refractivity (Wildman–Crippen MR) is 60.1 cm³/mol. The van der Waals surface area contributed by atoms with Crippen LogP contribution in [-0.4, -0.2) is 47.6 Å². The highest BCUT2D eigenvalue weighted by atomic mass is 16.4. The molecule has 0 aromatic rings. The van der Waals surface area contributed by atoms with Crippen molar-refractivity contribution >= 4 is 11.9 Å². The Hall–Kier alpha value is -1.10. The van der Waals surface area contributed by atoms with Gasteiger partial charge in [0, 0.05) is 6.04 Å². The largest absolute Gasteiger partial charge is 0.480 e. The third-order valence-corrected chi connectivity index (χ3v) is 2.89. The van der Waals surface area contributed by atoms with E-state index in [1.54, 1.807) is 4.90 Å². The molecule has 1 aliphatic carbocycles. The first kappa shape index (κ1) is 13.0. The molecule has 0 atom stereocenters. The van der Waals surface area contributed by atoms with E-state index in [9.17, 15) is 9.59 Å². The zero-order valence-corrected chi connectivity index (χ0v) is 9.74. The molecule has 1 aliphatic rings. The molecule has 0 aromatic heterocycles. The van der Waals surface area contributed by atoms with Crippen LogP contribution in [0.5, 0.6) is 0 Å². The zero-order chi connectivity index (χ0) is 12.0. The summed E-state index contributed by atoms with van der Waals surface area (Å²) < 4.78 is 0. The van der Waals surface area contributed by atoms with Crippen LogP contribution in [0.1, 0.15) is 32.6 Å². The molecule has 5 heteroatoms. The fourth-order valence-corrected chi connectivity index (χ4v) is 2.02. The van der Waals surface area contributed by atoms with E-state index in [0.29, 0.717) is 12.6 Å². The van der Waals surface area contributed by atoms with Crippen molar-refractivity contribution in [3.05, 3.63) is 0 Å². The minimum absolute atomic E-state index is 0.0602. The fraction of sp³-hybridized carbons (Fsp3) is 0.818. The quantitative estimate of drug-likeness (QED) is 0.692. The number of amides is 1. The smallest absolute Gasteiger partial charge is 0.317 e. The van der Waals surface area contributed by atoms with Gasteiger partial charge < -0.3 is 10.4 Å². The summed E-state index contributed by atoms with van der Waals surface area (Å²) >= 11 is 0. The summed E-state index contributed by atoms with van der Waals surface area (Å²) in [5.74, 6) is -0.953. The summed E-state index contributed by atoms with van der Waals surface area (Å²) in [7, 11) is 0. The number of nitrogens with zero attached hydrogens (tertiary/aromatic N) is 1. The molecule has 16 heavy (non-hydrogen) atoms. The molecule has 1 fully saturated rings. The number of carboxylic acids is 1. The van der Waals surface area contributed by atoms with Gasteiger partial charge >= 0.3 is 5.97 Å². The van der Waals surface area contributed by atoms with Crippen molar-refractivity contribution in [2.75, 3.05) is 19.6 Å². The summed E-state index contributed by atoms with van der Waals surface area (Å²) in [4.78, 5) is 23.7. The number of carbonyl (C=O) groups excluding carboxylic acids is 1. The number of rotatable bonds is 6. The van der Waals surface area contributed by atoms with E-state index < -0.39 is 5.97 Å². The summed E-state index contributed by atoms with van der Waals surface area (Å²) in [5, 5.41) is 11.6. The van der Waals surface area contributed by atoms with Gasteiger partial charge in [-0.25, -0.2) is 0 Å². The second-order valence-electron chi connectivity index (χ2n) is 4.25. The van der Waals surface area contributed by atoms with Crippen molar-refractivity contribution in [1.82, 2.24) is 10.2 Å². The van der Waals surface area contributed by atoms with Gasteiger partial charge in [-0.15, -0.1) is 0 Å². The van der Waals surface area contributed by atoms with E-state index in [-0.39, 0.29) is 19.0 Å². The summed E-state index contributed by atoms with van der Waals surface area (Å²) in [6, 6.07) is 0.302. The minimum atomic E-state index is -0.893. The van der Waals surface area contributed by atoms with E-state index >= 15 is 0 Å². The van der Waals surface area contributed by atoms with Gasteiger partial charge in [0.05, 0.1) is 13.1 Å². The van der Waals surface area contributed by atoms with Gasteiger partial charge in [-0.3, -0.25) is 14.5 Å². The van der Waals surface area contributed by atoms with Crippen LogP contribution in [0.15, 0.2) is 0 Å². The molecule has 0 saturated heterocycles. The topological polar surface area (TPSA) is 69.6 Å². The maximum atomic E-state index is 11.6. The lowest BCUT2D eigenvalue weighted by Gasteiger charge is -2.19. The van der Waals surface area contributed by atoms with E-state index in [1.165, 1.54) is 12.8 Å². The molecule has 1 saturated carbocycles. The van der Waals surface area contributed by atoms with Crippen molar-refractivity contribution in [2.24, 2.45) is 0 Å². The molecular weight excluding hydrogens is 208 g/mol. The highest BCUT2D eigenvalue weighted by Crippen LogP contribution is 2.17. The monoisotopic (exact) mass is 228 g/mol. The van der Waals surface area contributed by atoms with Crippen molar-refractivity contribution in [3.63, 3.8) is 0 Å². The molecule has 0 aliphatic heterocycles. The Balaban J connectivity index is 2.27. The molecule has 1 rings (SSSR count). The van der Waals surface area contributed by atoms with Crippen molar-refractivity contribution in [3.8, 4) is 0 Å². The van der Waals surface area contributed by atoms with Crippen molar-refractivity contribution < 1.29 is 14.7 Å². The van der Waals surface area contributed by atoms with Crippen LogP contribution in [0, 0.1) is 0 Å². The number of hydrogen-bond donors (Lipinski definition) is 2. The van der Waals surface area contributed by atoms with Crippen molar-refractivity contribution in [2.45, 2.75) is 38.6 Å². The molecule has 0 bridgehead atoms. The summed E-state index contributed by atoms with van der Waals surface area (Å²) in [5.41, 5.74) is 0. The van der Waals surface area contributed by atoms with Gasteiger partial charge in [-0.05, 0) is 19.4 Å². The number of nitrogens with one attached hydrogen (secondary N) is 1. The Morgan fingerprint density at radius 2 is 1.94 bits per heavy atom. The highest BCUT2D eigenvalue weighted by Gasteiger charge is 2.18. The Labute approximate surface area is 95.8 Å². The normalized spacial score (nSPS) is 16.6. The lowest BCUT2D eigenvalue weighted by molar-refractivity contribution is -0.138. The van der Waals surface area contributed by atoms with E-state index in [0.717, 1.165) is 12.8 Å². The van der Waals surface area contributed by atoms with Crippen molar-refractivity contribution in [1.29, 1.82) is 0 Å². The number of likely N-dealkylation sites (N-methyl/N-ethyl adjacent to an activating group) is 1. The zero-order valence-electron chi connectivity index (χ0n) is 9.74.